The highest BCUT2D eigenvalue weighted by atomic mass is 15.0. The van der Waals surface area contributed by atoms with Crippen molar-refractivity contribution < 1.29 is 0 Å². The Hall–Kier alpha value is -5.52. The summed E-state index contributed by atoms with van der Waals surface area (Å²) in [5, 5.41) is 7.68. The quantitative estimate of drug-likeness (QED) is 0.216. The zero-order valence-electron chi connectivity index (χ0n) is 23.0. The van der Waals surface area contributed by atoms with Gasteiger partial charge in [-0.3, -0.25) is 0 Å². The first-order valence-electron chi connectivity index (χ1n) is 13.7. The standard InChI is InChI=1S/C27H20N2.C10H8.C2H2/c1-3-18-9-8-14-25(17(18)2)29-26-13-7-5-11-20(26)22-15-24-21(16-27(22)29)19-10-4-6-12-23(19)28-24;1-2-6-10-8-4-3-7-9(10)5-1;1-2/h3-16,28H,1H2,2H3;1-8H;1-2H. The lowest BCUT2D eigenvalue weighted by Gasteiger charge is -2.13. The molecule has 0 spiro atoms. The van der Waals surface area contributed by atoms with Gasteiger partial charge in [-0.05, 0) is 59.2 Å². The summed E-state index contributed by atoms with van der Waals surface area (Å²) in [4.78, 5) is 3.59. The van der Waals surface area contributed by atoms with E-state index in [1.165, 1.54) is 71.2 Å². The van der Waals surface area contributed by atoms with E-state index in [-0.39, 0.29) is 0 Å². The van der Waals surface area contributed by atoms with Gasteiger partial charge in [0.2, 0.25) is 0 Å². The molecular weight excluding hydrogens is 496 g/mol. The van der Waals surface area contributed by atoms with Crippen LogP contribution in [0.2, 0.25) is 0 Å². The maximum absolute atomic E-state index is 4.00. The lowest BCUT2D eigenvalue weighted by Crippen LogP contribution is -1.98. The van der Waals surface area contributed by atoms with Gasteiger partial charge < -0.3 is 9.55 Å². The number of aromatic nitrogens is 2. The van der Waals surface area contributed by atoms with E-state index in [1.54, 1.807) is 0 Å². The second kappa shape index (κ2) is 10.9. The fraction of sp³-hybridized carbons (Fsp3) is 0.0256. The summed E-state index contributed by atoms with van der Waals surface area (Å²) < 4.78 is 2.40. The Labute approximate surface area is 240 Å². The van der Waals surface area contributed by atoms with Gasteiger partial charge in [-0.2, -0.15) is 0 Å². The molecule has 2 aromatic heterocycles. The van der Waals surface area contributed by atoms with Crippen LogP contribution in [0.5, 0.6) is 0 Å². The van der Waals surface area contributed by atoms with Crippen LogP contribution in [-0.2, 0) is 0 Å². The predicted molar refractivity (Wildman–Crippen MR) is 179 cm³/mol. The lowest BCUT2D eigenvalue weighted by atomic mass is 10.1. The van der Waals surface area contributed by atoms with Crippen LogP contribution in [0.1, 0.15) is 11.1 Å². The van der Waals surface area contributed by atoms with Gasteiger partial charge in [0.05, 0.1) is 11.0 Å². The van der Waals surface area contributed by atoms with Crippen molar-refractivity contribution >= 4 is 60.5 Å². The first kappa shape index (κ1) is 25.7. The predicted octanol–water partition coefficient (Wildman–Crippen LogP) is 10.5. The van der Waals surface area contributed by atoms with Crippen LogP contribution < -0.4 is 0 Å². The van der Waals surface area contributed by atoms with Gasteiger partial charge in [-0.25, -0.2) is 0 Å². The van der Waals surface area contributed by atoms with Crippen LogP contribution >= 0.6 is 0 Å². The first-order chi connectivity index (χ1) is 20.2. The number of hydrogen-bond acceptors (Lipinski definition) is 0. The van der Waals surface area contributed by atoms with E-state index >= 15 is 0 Å². The van der Waals surface area contributed by atoms with Crippen molar-refractivity contribution in [2.45, 2.75) is 6.92 Å². The van der Waals surface area contributed by atoms with E-state index in [0.717, 1.165) is 0 Å². The third-order valence-corrected chi connectivity index (χ3v) is 7.77. The van der Waals surface area contributed by atoms with Crippen molar-refractivity contribution in [2.75, 3.05) is 0 Å². The smallest absolute Gasteiger partial charge is 0.0548 e. The van der Waals surface area contributed by atoms with E-state index in [0.29, 0.717) is 0 Å². The maximum Gasteiger partial charge on any atom is 0.0548 e. The molecule has 0 unspecified atom stereocenters. The molecule has 0 fully saturated rings. The molecule has 41 heavy (non-hydrogen) atoms. The van der Waals surface area contributed by atoms with E-state index in [9.17, 15) is 0 Å². The molecule has 2 heterocycles. The Bertz CT molecular complexity index is 2140. The molecule has 0 saturated carbocycles. The largest absolute Gasteiger partial charge is 0.354 e. The fourth-order valence-electron chi connectivity index (χ4n) is 5.81. The number of fused-ring (bicyclic) bond motifs is 7. The zero-order chi connectivity index (χ0) is 28.3. The van der Waals surface area contributed by atoms with Crippen LogP contribution in [-0.4, -0.2) is 9.55 Å². The van der Waals surface area contributed by atoms with Gasteiger partial charge in [0.15, 0.2) is 0 Å². The number of rotatable bonds is 2. The number of hydrogen-bond donors (Lipinski definition) is 1. The molecule has 0 aliphatic heterocycles. The monoisotopic (exact) mass is 526 g/mol. The summed E-state index contributed by atoms with van der Waals surface area (Å²) >= 11 is 0. The van der Waals surface area contributed by atoms with Crippen molar-refractivity contribution in [3.8, 4) is 18.5 Å². The molecule has 0 saturated heterocycles. The van der Waals surface area contributed by atoms with Crippen LogP contribution in [0.4, 0.5) is 0 Å². The third kappa shape index (κ3) is 4.44. The number of terminal acetylenes is 1. The van der Waals surface area contributed by atoms with Crippen molar-refractivity contribution in [3.63, 3.8) is 0 Å². The van der Waals surface area contributed by atoms with Gasteiger partial charge in [-0.15, -0.1) is 12.8 Å². The van der Waals surface area contributed by atoms with E-state index in [1.807, 2.05) is 6.08 Å². The van der Waals surface area contributed by atoms with Gasteiger partial charge >= 0.3 is 0 Å². The summed E-state index contributed by atoms with van der Waals surface area (Å²) in [5.41, 5.74) is 8.42. The molecule has 0 aliphatic rings. The normalized spacial score (nSPS) is 10.8. The Morgan fingerprint density at radius 2 is 1.20 bits per heavy atom. The lowest BCUT2D eigenvalue weighted by molar-refractivity contribution is 1.15. The molecule has 0 radical (unpaired) electrons. The van der Waals surface area contributed by atoms with Crippen LogP contribution in [0.15, 0.2) is 134 Å². The van der Waals surface area contributed by atoms with Crippen LogP contribution in [0, 0.1) is 19.8 Å². The van der Waals surface area contributed by atoms with Gasteiger partial charge in [0.1, 0.15) is 0 Å². The highest BCUT2D eigenvalue weighted by Gasteiger charge is 2.16. The number of aromatic amines is 1. The third-order valence-electron chi connectivity index (χ3n) is 7.77. The van der Waals surface area contributed by atoms with Crippen LogP contribution in [0.3, 0.4) is 0 Å². The van der Waals surface area contributed by atoms with Crippen molar-refractivity contribution in [2.24, 2.45) is 0 Å². The van der Waals surface area contributed by atoms with Gasteiger partial charge in [0, 0.05) is 38.3 Å². The molecule has 0 atom stereocenters. The van der Waals surface area contributed by atoms with Crippen LogP contribution in [0.25, 0.3) is 66.1 Å². The number of nitrogens with one attached hydrogen (secondary N) is 1. The van der Waals surface area contributed by atoms with Gasteiger partial charge in [0.25, 0.3) is 0 Å². The Morgan fingerprint density at radius 1 is 0.585 bits per heavy atom. The summed E-state index contributed by atoms with van der Waals surface area (Å²) in [6, 6.07) is 45.0. The zero-order valence-corrected chi connectivity index (χ0v) is 23.0. The topological polar surface area (TPSA) is 20.7 Å². The number of benzene rings is 6. The number of para-hydroxylation sites is 2. The molecule has 1 N–H and O–H groups in total. The summed E-state index contributed by atoms with van der Waals surface area (Å²) in [7, 11) is 0. The van der Waals surface area contributed by atoms with E-state index in [2.05, 4.69) is 163 Å². The molecule has 6 aromatic carbocycles. The van der Waals surface area contributed by atoms with E-state index in [4.69, 9.17) is 0 Å². The highest BCUT2D eigenvalue weighted by molar-refractivity contribution is 6.18. The molecule has 0 aliphatic carbocycles. The second-order valence-corrected chi connectivity index (χ2v) is 9.98. The Kier molecular flexibility index (Phi) is 6.86. The number of H-pyrrole nitrogens is 1. The SMILES string of the molecule is C#C.C=Cc1cccc(-n2c3ccccc3c3cc4[nH]c5ccccc5c4cc32)c1C.c1ccc2ccccc2c1. The minimum absolute atomic E-state index is 1.17. The minimum Gasteiger partial charge on any atom is -0.354 e. The molecule has 8 rings (SSSR count). The number of nitrogens with zero attached hydrogens (tertiary/aromatic N) is 1. The minimum atomic E-state index is 1.17. The first-order valence-corrected chi connectivity index (χ1v) is 13.7. The molecule has 8 aromatic rings. The van der Waals surface area contributed by atoms with Gasteiger partial charge in [-0.1, -0.05) is 110 Å². The Balaban J connectivity index is 0.000000211. The summed E-state index contributed by atoms with van der Waals surface area (Å²) in [6.07, 6.45) is 9.94. The molecule has 0 amide bonds. The summed E-state index contributed by atoms with van der Waals surface area (Å²) in [5.74, 6) is 0. The molecule has 0 bridgehead atoms. The average molecular weight is 527 g/mol. The fourth-order valence-corrected chi connectivity index (χ4v) is 5.81. The van der Waals surface area contributed by atoms with Crippen molar-refractivity contribution in [1.29, 1.82) is 0 Å². The second-order valence-electron chi connectivity index (χ2n) is 9.98. The average Bonchev–Trinajstić information content (AvgIpc) is 3.56. The van der Waals surface area contributed by atoms with Crippen molar-refractivity contribution in [3.05, 3.63) is 145 Å². The summed E-state index contributed by atoms with van der Waals surface area (Å²) in [6.45, 7) is 6.17. The molecule has 2 heteroatoms. The highest BCUT2D eigenvalue weighted by Crippen LogP contribution is 2.37. The molecule has 196 valence electrons. The van der Waals surface area contributed by atoms with E-state index < -0.39 is 0 Å². The molecular formula is C39H30N2. The Morgan fingerprint density at radius 3 is 1.88 bits per heavy atom. The van der Waals surface area contributed by atoms with Crippen molar-refractivity contribution in [1.82, 2.24) is 9.55 Å². The maximum atomic E-state index is 4.00. The molecule has 2 nitrogen and oxygen atoms in total.